The maximum absolute atomic E-state index is 12.5. The molecule has 1 aromatic heterocycles. The highest BCUT2D eigenvalue weighted by Gasteiger charge is 2.41. The standard InChI is InChI=1S/C13H15F3N2O/c14-13(15,16)10-3-5-11(6-4-10)18-12(19)9-2-1-7-17-8-9/h1-2,7-8,10-11H,3-6H2,(H,18,19)/t10-,11-. The second kappa shape index (κ2) is 5.59. The van der Waals surface area contributed by atoms with Gasteiger partial charge in [0, 0.05) is 18.4 Å². The molecule has 2 rings (SSSR count). The van der Waals surface area contributed by atoms with Crippen molar-refractivity contribution in [3.05, 3.63) is 30.1 Å². The molecule has 1 aliphatic rings. The Morgan fingerprint density at radius 2 is 1.95 bits per heavy atom. The maximum Gasteiger partial charge on any atom is 0.391 e. The molecule has 1 fully saturated rings. The largest absolute Gasteiger partial charge is 0.391 e. The van der Waals surface area contributed by atoms with Crippen LogP contribution in [0.15, 0.2) is 24.5 Å². The highest BCUT2D eigenvalue weighted by molar-refractivity contribution is 5.93. The lowest BCUT2D eigenvalue weighted by atomic mass is 9.85. The van der Waals surface area contributed by atoms with E-state index in [4.69, 9.17) is 0 Å². The molecule has 1 amide bonds. The number of carbonyl (C=O) groups is 1. The van der Waals surface area contributed by atoms with Gasteiger partial charge in [-0.05, 0) is 37.8 Å². The molecule has 0 aliphatic heterocycles. The second-order valence-electron chi connectivity index (χ2n) is 4.81. The summed E-state index contributed by atoms with van der Waals surface area (Å²) < 4.78 is 37.5. The molecule has 1 N–H and O–H groups in total. The Morgan fingerprint density at radius 3 is 2.47 bits per heavy atom. The monoisotopic (exact) mass is 272 g/mol. The SMILES string of the molecule is O=C(N[C@H]1CC[C@H](C(F)(F)F)CC1)c1cccnc1. The van der Waals surface area contributed by atoms with Crippen molar-refractivity contribution in [2.75, 3.05) is 0 Å². The minimum Gasteiger partial charge on any atom is -0.349 e. The zero-order valence-corrected chi connectivity index (χ0v) is 10.3. The lowest BCUT2D eigenvalue weighted by Crippen LogP contribution is -2.40. The van der Waals surface area contributed by atoms with Gasteiger partial charge < -0.3 is 5.32 Å². The Bertz CT molecular complexity index is 425. The molecule has 3 nitrogen and oxygen atoms in total. The molecule has 104 valence electrons. The summed E-state index contributed by atoms with van der Waals surface area (Å²) in [6.07, 6.45) is -0.199. The first-order valence-electron chi connectivity index (χ1n) is 6.24. The van der Waals surface area contributed by atoms with Crippen molar-refractivity contribution < 1.29 is 18.0 Å². The lowest BCUT2D eigenvalue weighted by Gasteiger charge is -2.30. The molecular formula is C13H15F3N2O. The van der Waals surface area contributed by atoms with Crippen LogP contribution in [0.4, 0.5) is 13.2 Å². The van der Waals surface area contributed by atoms with Crippen LogP contribution in [0.1, 0.15) is 36.0 Å². The van der Waals surface area contributed by atoms with E-state index in [0.717, 1.165) is 0 Å². The third-order valence-corrected chi connectivity index (χ3v) is 3.45. The average molecular weight is 272 g/mol. The van der Waals surface area contributed by atoms with Crippen LogP contribution < -0.4 is 5.32 Å². The van der Waals surface area contributed by atoms with E-state index >= 15 is 0 Å². The summed E-state index contributed by atoms with van der Waals surface area (Å²) in [4.78, 5) is 15.7. The van der Waals surface area contributed by atoms with Gasteiger partial charge in [-0.2, -0.15) is 13.2 Å². The Morgan fingerprint density at radius 1 is 1.26 bits per heavy atom. The summed E-state index contributed by atoms with van der Waals surface area (Å²) >= 11 is 0. The van der Waals surface area contributed by atoms with Gasteiger partial charge in [0.05, 0.1) is 11.5 Å². The van der Waals surface area contributed by atoms with Crippen molar-refractivity contribution in [2.24, 2.45) is 5.92 Å². The van der Waals surface area contributed by atoms with Gasteiger partial charge in [0.1, 0.15) is 0 Å². The van der Waals surface area contributed by atoms with E-state index in [1.54, 1.807) is 18.3 Å². The molecule has 6 heteroatoms. The predicted octanol–water partition coefficient (Wildman–Crippen LogP) is 2.93. The van der Waals surface area contributed by atoms with Gasteiger partial charge in [-0.3, -0.25) is 9.78 Å². The number of nitrogens with zero attached hydrogens (tertiary/aromatic N) is 1. The smallest absolute Gasteiger partial charge is 0.349 e. The molecule has 1 saturated carbocycles. The fraction of sp³-hybridized carbons (Fsp3) is 0.538. The molecular weight excluding hydrogens is 257 g/mol. The van der Waals surface area contributed by atoms with Crippen molar-refractivity contribution in [2.45, 2.75) is 37.9 Å². The molecule has 0 saturated heterocycles. The average Bonchev–Trinajstić information content (AvgIpc) is 2.39. The van der Waals surface area contributed by atoms with Gasteiger partial charge in [0.2, 0.25) is 0 Å². The number of carbonyl (C=O) groups excluding carboxylic acids is 1. The molecule has 0 radical (unpaired) electrons. The molecule has 19 heavy (non-hydrogen) atoms. The van der Waals surface area contributed by atoms with Crippen LogP contribution in [0.2, 0.25) is 0 Å². The number of hydrogen-bond acceptors (Lipinski definition) is 2. The molecule has 0 bridgehead atoms. The topological polar surface area (TPSA) is 42.0 Å². The first kappa shape index (κ1) is 13.8. The molecule has 0 spiro atoms. The van der Waals surface area contributed by atoms with Gasteiger partial charge in [-0.25, -0.2) is 0 Å². The number of hydrogen-bond donors (Lipinski definition) is 1. The summed E-state index contributed by atoms with van der Waals surface area (Å²) in [5.74, 6) is -1.50. The van der Waals surface area contributed by atoms with Gasteiger partial charge in [-0.15, -0.1) is 0 Å². The molecule has 1 aromatic rings. The first-order valence-corrected chi connectivity index (χ1v) is 6.24. The van der Waals surface area contributed by atoms with Crippen LogP contribution >= 0.6 is 0 Å². The summed E-state index contributed by atoms with van der Waals surface area (Å²) in [6.45, 7) is 0. The van der Waals surface area contributed by atoms with Crippen molar-refractivity contribution >= 4 is 5.91 Å². The third kappa shape index (κ3) is 3.68. The highest BCUT2D eigenvalue weighted by Crippen LogP contribution is 2.37. The van der Waals surface area contributed by atoms with E-state index in [2.05, 4.69) is 10.3 Å². The van der Waals surface area contributed by atoms with Crippen molar-refractivity contribution in [3.8, 4) is 0 Å². The molecule has 1 heterocycles. The zero-order chi connectivity index (χ0) is 13.9. The number of aromatic nitrogens is 1. The number of alkyl halides is 3. The minimum atomic E-state index is -4.11. The summed E-state index contributed by atoms with van der Waals surface area (Å²) in [7, 11) is 0. The van der Waals surface area contributed by atoms with Crippen LogP contribution in [0, 0.1) is 5.92 Å². The quantitative estimate of drug-likeness (QED) is 0.899. The van der Waals surface area contributed by atoms with Gasteiger partial charge >= 0.3 is 6.18 Å². The Hall–Kier alpha value is -1.59. The van der Waals surface area contributed by atoms with Crippen molar-refractivity contribution in [3.63, 3.8) is 0 Å². The van der Waals surface area contributed by atoms with Gasteiger partial charge in [0.25, 0.3) is 5.91 Å². The van der Waals surface area contributed by atoms with Gasteiger partial charge in [0.15, 0.2) is 0 Å². The fourth-order valence-corrected chi connectivity index (χ4v) is 2.33. The number of amides is 1. The summed E-state index contributed by atoms with van der Waals surface area (Å²) in [5.41, 5.74) is 0.431. The molecule has 0 unspecified atom stereocenters. The number of pyridine rings is 1. The van der Waals surface area contributed by atoms with Crippen LogP contribution in [-0.4, -0.2) is 23.1 Å². The Balaban J connectivity index is 1.85. The maximum atomic E-state index is 12.5. The Labute approximate surface area is 109 Å². The number of nitrogens with one attached hydrogen (secondary N) is 1. The zero-order valence-electron chi connectivity index (χ0n) is 10.3. The lowest BCUT2D eigenvalue weighted by molar-refractivity contribution is -0.182. The molecule has 1 aliphatic carbocycles. The van der Waals surface area contributed by atoms with E-state index in [-0.39, 0.29) is 24.8 Å². The number of halogens is 3. The minimum absolute atomic E-state index is 0.0848. The van der Waals surface area contributed by atoms with Crippen LogP contribution in [0.5, 0.6) is 0 Å². The van der Waals surface area contributed by atoms with E-state index in [9.17, 15) is 18.0 Å². The summed E-state index contributed by atoms with van der Waals surface area (Å²) in [5, 5.41) is 2.76. The first-order chi connectivity index (χ1) is 8.97. The normalized spacial score (nSPS) is 23.9. The second-order valence-corrected chi connectivity index (χ2v) is 4.81. The summed E-state index contributed by atoms with van der Waals surface area (Å²) in [6, 6.07) is 3.10. The fourth-order valence-electron chi connectivity index (χ4n) is 2.33. The van der Waals surface area contributed by atoms with Gasteiger partial charge in [-0.1, -0.05) is 0 Å². The van der Waals surface area contributed by atoms with Crippen molar-refractivity contribution in [1.29, 1.82) is 0 Å². The van der Waals surface area contributed by atoms with E-state index < -0.39 is 12.1 Å². The predicted molar refractivity (Wildman–Crippen MR) is 63.5 cm³/mol. The van der Waals surface area contributed by atoms with Crippen LogP contribution in [-0.2, 0) is 0 Å². The molecule has 0 atom stereocenters. The van der Waals surface area contributed by atoms with E-state index in [1.807, 2.05) is 0 Å². The van der Waals surface area contributed by atoms with Crippen LogP contribution in [0.3, 0.4) is 0 Å². The highest BCUT2D eigenvalue weighted by atomic mass is 19.4. The Kier molecular flexibility index (Phi) is 4.07. The van der Waals surface area contributed by atoms with E-state index in [0.29, 0.717) is 18.4 Å². The number of rotatable bonds is 2. The van der Waals surface area contributed by atoms with Crippen LogP contribution in [0.25, 0.3) is 0 Å². The molecule has 0 aromatic carbocycles. The third-order valence-electron chi connectivity index (χ3n) is 3.45. The van der Waals surface area contributed by atoms with E-state index in [1.165, 1.54) is 6.20 Å². The van der Waals surface area contributed by atoms with Crippen molar-refractivity contribution in [1.82, 2.24) is 10.3 Å².